The number of rotatable bonds is 4. The lowest BCUT2D eigenvalue weighted by molar-refractivity contribution is 0.165. The standard InChI is InChI=1S/C15H20F2N2O/c1-10(2)9-13(19-7-5-18-6-8-19)14-11(16)3-4-12(17)15(14)20/h3-4,13,18,20H,1,5-9H2,2H3/t13-/m0/s1. The van der Waals surface area contributed by atoms with Crippen molar-refractivity contribution in [1.82, 2.24) is 10.2 Å². The fraction of sp³-hybridized carbons (Fsp3) is 0.467. The van der Waals surface area contributed by atoms with Crippen molar-refractivity contribution < 1.29 is 13.9 Å². The Balaban J connectivity index is 2.40. The molecule has 1 aliphatic heterocycles. The Morgan fingerprint density at radius 2 is 1.95 bits per heavy atom. The van der Waals surface area contributed by atoms with Gasteiger partial charge in [-0.1, -0.05) is 5.57 Å². The number of hydrogen-bond acceptors (Lipinski definition) is 3. The molecule has 0 saturated carbocycles. The van der Waals surface area contributed by atoms with Crippen molar-refractivity contribution in [2.24, 2.45) is 0 Å². The molecule has 0 aromatic heterocycles. The lowest BCUT2D eigenvalue weighted by atomic mass is 9.96. The number of halogens is 2. The summed E-state index contributed by atoms with van der Waals surface area (Å²) >= 11 is 0. The number of nitrogens with zero attached hydrogens (tertiary/aromatic N) is 1. The van der Waals surface area contributed by atoms with Crippen LogP contribution < -0.4 is 5.32 Å². The fourth-order valence-corrected chi connectivity index (χ4v) is 2.61. The molecule has 0 spiro atoms. The monoisotopic (exact) mass is 282 g/mol. The number of phenols is 1. The number of hydrogen-bond donors (Lipinski definition) is 2. The molecule has 3 nitrogen and oxygen atoms in total. The summed E-state index contributed by atoms with van der Waals surface area (Å²) in [6.45, 7) is 8.76. The zero-order valence-electron chi connectivity index (χ0n) is 11.6. The smallest absolute Gasteiger partial charge is 0.165 e. The van der Waals surface area contributed by atoms with Crippen LogP contribution in [-0.2, 0) is 0 Å². The SMILES string of the molecule is C=C(C)C[C@@H](c1c(F)ccc(F)c1O)N1CCNCC1. The summed E-state index contributed by atoms with van der Waals surface area (Å²) in [5.74, 6) is -1.95. The van der Waals surface area contributed by atoms with Gasteiger partial charge in [0.05, 0.1) is 5.56 Å². The van der Waals surface area contributed by atoms with E-state index < -0.39 is 17.4 Å². The maximum absolute atomic E-state index is 14.1. The van der Waals surface area contributed by atoms with Gasteiger partial charge in [-0.05, 0) is 25.5 Å². The Kier molecular flexibility index (Phi) is 4.73. The Hall–Kier alpha value is -1.46. The number of piperazine rings is 1. The van der Waals surface area contributed by atoms with Crippen LogP contribution in [0.25, 0.3) is 0 Å². The van der Waals surface area contributed by atoms with Crippen LogP contribution >= 0.6 is 0 Å². The fourth-order valence-electron chi connectivity index (χ4n) is 2.61. The van der Waals surface area contributed by atoms with Gasteiger partial charge in [-0.3, -0.25) is 4.90 Å². The molecule has 0 amide bonds. The molecule has 1 aromatic rings. The summed E-state index contributed by atoms with van der Waals surface area (Å²) in [6, 6.07) is 1.63. The maximum atomic E-state index is 14.1. The maximum Gasteiger partial charge on any atom is 0.165 e. The molecular weight excluding hydrogens is 262 g/mol. The molecule has 1 atom stereocenters. The second kappa shape index (κ2) is 6.33. The van der Waals surface area contributed by atoms with Gasteiger partial charge in [-0.15, -0.1) is 6.58 Å². The molecule has 110 valence electrons. The predicted molar refractivity (Wildman–Crippen MR) is 74.6 cm³/mol. The van der Waals surface area contributed by atoms with Crippen LogP contribution in [0.5, 0.6) is 5.75 Å². The van der Waals surface area contributed by atoms with E-state index in [1.54, 1.807) is 0 Å². The summed E-state index contributed by atoms with van der Waals surface area (Å²) < 4.78 is 27.6. The van der Waals surface area contributed by atoms with Crippen molar-refractivity contribution in [3.63, 3.8) is 0 Å². The number of phenolic OH excluding ortho intramolecular Hbond substituents is 1. The Bertz CT molecular complexity index is 499. The number of aromatic hydroxyl groups is 1. The van der Waals surface area contributed by atoms with Gasteiger partial charge in [0.2, 0.25) is 0 Å². The van der Waals surface area contributed by atoms with Crippen LogP contribution in [0.3, 0.4) is 0 Å². The molecule has 0 aliphatic carbocycles. The second-order valence-electron chi connectivity index (χ2n) is 5.25. The minimum absolute atomic E-state index is 0.0369. The molecule has 2 rings (SSSR count). The summed E-state index contributed by atoms with van der Waals surface area (Å²) in [5.41, 5.74) is 0.909. The van der Waals surface area contributed by atoms with E-state index in [-0.39, 0.29) is 11.6 Å². The van der Waals surface area contributed by atoms with Crippen LogP contribution in [0.1, 0.15) is 24.9 Å². The van der Waals surface area contributed by atoms with E-state index in [0.717, 1.165) is 43.9 Å². The summed E-state index contributed by atoms with van der Waals surface area (Å²) in [7, 11) is 0. The van der Waals surface area contributed by atoms with Crippen LogP contribution in [0.15, 0.2) is 24.3 Å². The minimum Gasteiger partial charge on any atom is -0.505 e. The highest BCUT2D eigenvalue weighted by atomic mass is 19.1. The van der Waals surface area contributed by atoms with Crippen molar-refractivity contribution in [1.29, 1.82) is 0 Å². The third-order valence-electron chi connectivity index (χ3n) is 3.58. The molecule has 2 N–H and O–H groups in total. The van der Waals surface area contributed by atoms with Gasteiger partial charge in [0.25, 0.3) is 0 Å². The molecule has 0 bridgehead atoms. The average molecular weight is 282 g/mol. The Morgan fingerprint density at radius 3 is 2.55 bits per heavy atom. The first-order valence-electron chi connectivity index (χ1n) is 6.76. The van der Waals surface area contributed by atoms with Crippen molar-refractivity contribution in [3.8, 4) is 5.75 Å². The third kappa shape index (κ3) is 3.16. The third-order valence-corrected chi connectivity index (χ3v) is 3.58. The average Bonchev–Trinajstić information content (AvgIpc) is 2.43. The van der Waals surface area contributed by atoms with Crippen LogP contribution in [0.4, 0.5) is 8.78 Å². The lowest BCUT2D eigenvalue weighted by Crippen LogP contribution is -2.45. The summed E-state index contributed by atoms with van der Waals surface area (Å²) in [4.78, 5) is 2.06. The van der Waals surface area contributed by atoms with Crippen molar-refractivity contribution in [2.75, 3.05) is 26.2 Å². The Morgan fingerprint density at radius 1 is 1.35 bits per heavy atom. The minimum atomic E-state index is -0.789. The quantitative estimate of drug-likeness (QED) is 0.833. The molecule has 20 heavy (non-hydrogen) atoms. The van der Waals surface area contributed by atoms with E-state index in [2.05, 4.69) is 16.8 Å². The van der Waals surface area contributed by atoms with E-state index in [4.69, 9.17) is 0 Å². The second-order valence-corrected chi connectivity index (χ2v) is 5.25. The first-order valence-corrected chi connectivity index (χ1v) is 6.76. The first kappa shape index (κ1) is 14.9. The zero-order chi connectivity index (χ0) is 14.7. The van der Waals surface area contributed by atoms with Gasteiger partial charge in [-0.2, -0.15) is 0 Å². The molecule has 5 heteroatoms. The number of benzene rings is 1. The van der Waals surface area contributed by atoms with Gasteiger partial charge < -0.3 is 10.4 Å². The highest BCUT2D eigenvalue weighted by Crippen LogP contribution is 2.36. The van der Waals surface area contributed by atoms with E-state index in [1.165, 1.54) is 0 Å². The van der Waals surface area contributed by atoms with Crippen molar-refractivity contribution in [2.45, 2.75) is 19.4 Å². The topological polar surface area (TPSA) is 35.5 Å². The lowest BCUT2D eigenvalue weighted by Gasteiger charge is -2.35. The van der Waals surface area contributed by atoms with E-state index in [0.29, 0.717) is 6.42 Å². The van der Waals surface area contributed by atoms with E-state index in [9.17, 15) is 13.9 Å². The highest BCUT2D eigenvalue weighted by Gasteiger charge is 2.28. The van der Waals surface area contributed by atoms with Crippen molar-refractivity contribution in [3.05, 3.63) is 41.5 Å². The van der Waals surface area contributed by atoms with Gasteiger partial charge in [0, 0.05) is 32.2 Å². The van der Waals surface area contributed by atoms with Gasteiger partial charge in [-0.25, -0.2) is 8.78 Å². The molecule has 1 fully saturated rings. The van der Waals surface area contributed by atoms with E-state index >= 15 is 0 Å². The molecule has 1 aromatic carbocycles. The predicted octanol–water partition coefficient (Wildman–Crippen LogP) is 2.58. The molecule has 1 heterocycles. The number of nitrogens with one attached hydrogen (secondary N) is 1. The zero-order valence-corrected chi connectivity index (χ0v) is 11.6. The van der Waals surface area contributed by atoms with E-state index in [1.807, 2.05) is 6.92 Å². The van der Waals surface area contributed by atoms with Gasteiger partial charge >= 0.3 is 0 Å². The summed E-state index contributed by atoms with van der Waals surface area (Å²) in [5, 5.41) is 13.1. The normalized spacial score (nSPS) is 17.9. The Labute approximate surface area is 117 Å². The first-order chi connectivity index (χ1) is 9.50. The molecule has 0 radical (unpaired) electrons. The van der Waals surface area contributed by atoms with Gasteiger partial charge in [0.15, 0.2) is 11.6 Å². The largest absolute Gasteiger partial charge is 0.505 e. The summed E-state index contributed by atoms with van der Waals surface area (Å²) in [6.07, 6.45) is 0.494. The molecule has 0 unspecified atom stereocenters. The molecule has 1 aliphatic rings. The molecular formula is C15H20F2N2O. The van der Waals surface area contributed by atoms with Gasteiger partial charge in [0.1, 0.15) is 5.82 Å². The van der Waals surface area contributed by atoms with Crippen LogP contribution in [-0.4, -0.2) is 36.2 Å². The highest BCUT2D eigenvalue weighted by molar-refractivity contribution is 5.38. The van der Waals surface area contributed by atoms with Crippen LogP contribution in [0, 0.1) is 11.6 Å². The molecule has 1 saturated heterocycles. The van der Waals surface area contributed by atoms with Crippen LogP contribution in [0.2, 0.25) is 0 Å². The van der Waals surface area contributed by atoms with Crippen molar-refractivity contribution >= 4 is 0 Å².